The highest BCUT2D eigenvalue weighted by Crippen LogP contribution is 2.61. The normalized spacial score (nSPS) is 11.2. The van der Waals surface area contributed by atoms with Crippen molar-refractivity contribution in [2.75, 3.05) is 0 Å². The summed E-state index contributed by atoms with van der Waals surface area (Å²) in [5.74, 6) is 0. The van der Waals surface area contributed by atoms with E-state index in [0.717, 1.165) is 33.4 Å². The van der Waals surface area contributed by atoms with Crippen LogP contribution in [-0.2, 0) is 11.6 Å². The number of halogens is 4. The molecule has 0 saturated heterocycles. The molecule has 4 nitrogen and oxygen atoms in total. The zero-order chi connectivity index (χ0) is 20.3. The fraction of sp³-hybridized carbons (Fsp3) is 0.0526. The summed E-state index contributed by atoms with van der Waals surface area (Å²) in [6.07, 6.45) is 1.51. The maximum Gasteiger partial charge on any atom is 0.339 e. The molecule has 0 bridgehead atoms. The quantitative estimate of drug-likeness (QED) is 0.221. The maximum atomic E-state index is 9.51. The molecule has 0 unspecified atom stereocenters. The van der Waals surface area contributed by atoms with Gasteiger partial charge in [0.15, 0.2) is 0 Å². The lowest BCUT2D eigenvalue weighted by Gasteiger charge is -2.08. The van der Waals surface area contributed by atoms with Crippen LogP contribution in [0.5, 0.6) is 0 Å². The molecule has 0 atom stereocenters. The number of fused-ring (bicyclic) bond motifs is 1. The molecule has 0 aliphatic rings. The van der Waals surface area contributed by atoms with E-state index in [-0.39, 0.29) is 0 Å². The standard InChI is InChI=1S/C19H14ClN3.Cl3OP/c1-23-17(14-10-6-3-7-11-14)15(13-8-4-2-5-9-13)16-18(20)21-12-22-19(16)23;1-5(2,3)4/h2-12H,1H3;. The van der Waals surface area contributed by atoms with Gasteiger partial charge in [-0.15, -0.1) is 0 Å². The highest BCUT2D eigenvalue weighted by molar-refractivity contribution is 8.24. The molecule has 0 fully saturated rings. The third-order valence-corrected chi connectivity index (χ3v) is 4.32. The molecule has 0 aliphatic carbocycles. The summed E-state index contributed by atoms with van der Waals surface area (Å²) in [5.41, 5.74) is 5.23. The van der Waals surface area contributed by atoms with E-state index in [1.807, 2.05) is 43.4 Å². The van der Waals surface area contributed by atoms with Crippen molar-refractivity contribution in [2.24, 2.45) is 7.05 Å². The third kappa shape index (κ3) is 4.89. The highest BCUT2D eigenvalue weighted by Gasteiger charge is 2.21. The van der Waals surface area contributed by atoms with E-state index in [1.54, 1.807) is 0 Å². The SMILES string of the molecule is Cn1c(-c2ccccc2)c(-c2ccccc2)c2c(Cl)ncnc21.O=P(Cl)(Cl)Cl. The summed E-state index contributed by atoms with van der Waals surface area (Å²) < 4.78 is 11.6. The number of hydrogen-bond donors (Lipinski definition) is 0. The van der Waals surface area contributed by atoms with Crippen molar-refractivity contribution < 1.29 is 4.57 Å². The maximum absolute atomic E-state index is 9.51. The molecule has 0 radical (unpaired) electrons. The Kier molecular flexibility index (Phi) is 6.69. The van der Waals surface area contributed by atoms with Crippen LogP contribution in [0.1, 0.15) is 0 Å². The first-order valence-corrected chi connectivity index (χ1v) is 12.9. The van der Waals surface area contributed by atoms with Gasteiger partial charge in [0.05, 0.1) is 11.1 Å². The average Bonchev–Trinajstić information content (AvgIpc) is 2.96. The van der Waals surface area contributed by atoms with Crippen LogP contribution >= 0.6 is 50.5 Å². The van der Waals surface area contributed by atoms with Gasteiger partial charge in [0.2, 0.25) is 0 Å². The van der Waals surface area contributed by atoms with Crippen LogP contribution in [0.4, 0.5) is 0 Å². The molecular weight excluding hydrogens is 459 g/mol. The lowest BCUT2D eigenvalue weighted by molar-refractivity contribution is 0.600. The Morgan fingerprint density at radius 1 is 0.857 bits per heavy atom. The Morgan fingerprint density at radius 3 is 1.89 bits per heavy atom. The van der Waals surface area contributed by atoms with Gasteiger partial charge in [-0.1, -0.05) is 72.3 Å². The summed E-state index contributed by atoms with van der Waals surface area (Å²) in [6, 6.07) is 20.5. The molecule has 4 aromatic rings. The van der Waals surface area contributed by atoms with Gasteiger partial charge in [-0.2, -0.15) is 0 Å². The predicted octanol–water partition coefficient (Wildman–Crippen LogP) is 7.77. The van der Waals surface area contributed by atoms with Gasteiger partial charge >= 0.3 is 5.20 Å². The third-order valence-electron chi connectivity index (χ3n) is 4.03. The number of aryl methyl sites for hydroxylation is 1. The first kappa shape index (κ1) is 21.2. The van der Waals surface area contributed by atoms with Gasteiger partial charge in [-0.05, 0) is 44.8 Å². The summed E-state index contributed by atoms with van der Waals surface area (Å²) in [4.78, 5) is 8.62. The molecule has 0 spiro atoms. The second kappa shape index (κ2) is 8.86. The van der Waals surface area contributed by atoms with Crippen LogP contribution < -0.4 is 0 Å². The molecule has 4 rings (SSSR count). The van der Waals surface area contributed by atoms with Gasteiger partial charge in [0.25, 0.3) is 0 Å². The molecule has 0 amide bonds. The molecule has 144 valence electrons. The molecule has 28 heavy (non-hydrogen) atoms. The Hall–Kier alpha value is -1.55. The molecule has 2 heterocycles. The molecule has 2 aromatic heterocycles. The van der Waals surface area contributed by atoms with Crippen LogP contribution in [0.15, 0.2) is 67.0 Å². The monoisotopic (exact) mass is 471 g/mol. The largest absolute Gasteiger partial charge is 0.339 e. The Balaban J connectivity index is 0.000000403. The van der Waals surface area contributed by atoms with E-state index in [0.29, 0.717) is 5.15 Å². The number of rotatable bonds is 2. The zero-order valence-corrected chi connectivity index (χ0v) is 18.5. The first-order valence-electron chi connectivity index (χ1n) is 8.06. The summed E-state index contributed by atoms with van der Waals surface area (Å²) in [5, 5.41) is -1.85. The van der Waals surface area contributed by atoms with Crippen LogP contribution in [-0.4, -0.2) is 14.5 Å². The van der Waals surface area contributed by atoms with Gasteiger partial charge in [-0.3, -0.25) is 4.57 Å². The average molecular weight is 473 g/mol. The fourth-order valence-corrected chi connectivity index (χ4v) is 3.26. The van der Waals surface area contributed by atoms with Crippen molar-refractivity contribution >= 4 is 61.6 Å². The van der Waals surface area contributed by atoms with Gasteiger partial charge in [-0.25, -0.2) is 9.97 Å². The molecule has 0 N–H and O–H groups in total. The van der Waals surface area contributed by atoms with E-state index in [9.17, 15) is 4.57 Å². The number of hydrogen-bond acceptors (Lipinski definition) is 3. The van der Waals surface area contributed by atoms with Crippen molar-refractivity contribution in [3.05, 3.63) is 72.1 Å². The van der Waals surface area contributed by atoms with E-state index < -0.39 is 5.20 Å². The molecule has 2 aromatic carbocycles. The van der Waals surface area contributed by atoms with Gasteiger partial charge in [0.1, 0.15) is 17.1 Å². The second-order valence-corrected chi connectivity index (χ2v) is 12.8. The second-order valence-electron chi connectivity index (χ2n) is 5.78. The van der Waals surface area contributed by atoms with Crippen molar-refractivity contribution in [2.45, 2.75) is 0 Å². The molecule has 0 aliphatic heterocycles. The highest BCUT2D eigenvalue weighted by atomic mass is 36.0. The summed E-state index contributed by atoms with van der Waals surface area (Å²) in [6.45, 7) is 0. The fourth-order valence-electron chi connectivity index (χ4n) is 3.04. The first-order chi connectivity index (χ1) is 13.3. The van der Waals surface area contributed by atoms with Crippen molar-refractivity contribution in [3.8, 4) is 22.4 Å². The predicted molar refractivity (Wildman–Crippen MR) is 120 cm³/mol. The summed E-state index contributed by atoms with van der Waals surface area (Å²) >= 11 is 20.3. The number of benzene rings is 2. The van der Waals surface area contributed by atoms with Crippen molar-refractivity contribution in [3.63, 3.8) is 0 Å². The van der Waals surface area contributed by atoms with Crippen LogP contribution in [0.3, 0.4) is 0 Å². The van der Waals surface area contributed by atoms with Crippen LogP contribution in [0.25, 0.3) is 33.4 Å². The molecule has 0 saturated carbocycles. The van der Waals surface area contributed by atoms with Gasteiger partial charge < -0.3 is 4.57 Å². The van der Waals surface area contributed by atoms with E-state index in [2.05, 4.69) is 72.5 Å². The van der Waals surface area contributed by atoms with Gasteiger partial charge in [0, 0.05) is 12.6 Å². The summed E-state index contributed by atoms with van der Waals surface area (Å²) in [7, 11) is 2.01. The van der Waals surface area contributed by atoms with Crippen LogP contribution in [0, 0.1) is 0 Å². The van der Waals surface area contributed by atoms with E-state index >= 15 is 0 Å². The molecular formula is C19H14Cl4N3OP. The lowest BCUT2D eigenvalue weighted by atomic mass is 9.99. The van der Waals surface area contributed by atoms with Crippen LogP contribution in [0.2, 0.25) is 5.15 Å². The number of nitrogens with zero attached hydrogens (tertiary/aromatic N) is 3. The Morgan fingerprint density at radius 2 is 1.36 bits per heavy atom. The number of aromatic nitrogens is 3. The van der Waals surface area contributed by atoms with E-state index in [1.165, 1.54) is 6.33 Å². The minimum absolute atomic E-state index is 0.478. The minimum atomic E-state index is -3.22. The van der Waals surface area contributed by atoms with Crippen molar-refractivity contribution in [1.29, 1.82) is 0 Å². The zero-order valence-electron chi connectivity index (χ0n) is 14.6. The minimum Gasteiger partial charge on any atom is -0.328 e. The Bertz CT molecular complexity index is 1140. The Labute approximate surface area is 181 Å². The van der Waals surface area contributed by atoms with Crippen molar-refractivity contribution in [1.82, 2.24) is 14.5 Å². The lowest BCUT2D eigenvalue weighted by Crippen LogP contribution is -1.93. The molecule has 9 heteroatoms. The smallest absolute Gasteiger partial charge is 0.328 e. The van der Waals surface area contributed by atoms with E-state index in [4.69, 9.17) is 11.6 Å². The topological polar surface area (TPSA) is 47.8 Å².